The molecule has 0 heterocycles. The summed E-state index contributed by atoms with van der Waals surface area (Å²) in [5.41, 5.74) is 12.2. The van der Waals surface area contributed by atoms with Gasteiger partial charge in [-0.15, -0.1) is 0 Å². The van der Waals surface area contributed by atoms with Crippen LogP contribution in [-0.4, -0.2) is 6.04 Å². The molecule has 3 atom stereocenters. The molecule has 0 saturated heterocycles. The first-order valence-electron chi connectivity index (χ1n) is 7.73. The molecule has 1 heteroatoms. The van der Waals surface area contributed by atoms with Gasteiger partial charge < -0.3 is 5.73 Å². The van der Waals surface area contributed by atoms with Crippen molar-refractivity contribution in [2.24, 2.45) is 17.6 Å². The lowest BCUT2D eigenvalue weighted by Gasteiger charge is -2.37. The van der Waals surface area contributed by atoms with Crippen LogP contribution in [0.25, 0.3) is 0 Å². The zero-order valence-corrected chi connectivity index (χ0v) is 13.2. The summed E-state index contributed by atoms with van der Waals surface area (Å²) >= 11 is 0. The van der Waals surface area contributed by atoms with Crippen LogP contribution < -0.4 is 5.73 Å². The molecule has 3 unspecified atom stereocenters. The summed E-state index contributed by atoms with van der Waals surface area (Å²) in [5, 5.41) is 0. The molecule has 0 spiro atoms. The van der Waals surface area contributed by atoms with E-state index in [1.54, 1.807) is 0 Å². The third-order valence-corrected chi connectivity index (χ3v) is 5.17. The summed E-state index contributed by atoms with van der Waals surface area (Å²) in [5.74, 6) is 2.17. The van der Waals surface area contributed by atoms with E-state index in [1.807, 2.05) is 0 Å². The van der Waals surface area contributed by atoms with Gasteiger partial charge in [-0.25, -0.2) is 0 Å². The Morgan fingerprint density at radius 2 is 1.63 bits per heavy atom. The first-order chi connectivity index (χ1) is 8.90. The lowest BCUT2D eigenvalue weighted by Crippen LogP contribution is -2.36. The monoisotopic (exact) mass is 259 g/mol. The van der Waals surface area contributed by atoms with E-state index in [0.717, 1.165) is 11.8 Å². The average molecular weight is 259 g/mol. The second-order valence-electron chi connectivity index (χ2n) is 6.88. The predicted octanol–water partition coefficient (Wildman–Crippen LogP) is 4.48. The Labute approximate surface area is 118 Å². The summed E-state index contributed by atoms with van der Waals surface area (Å²) in [4.78, 5) is 0. The van der Waals surface area contributed by atoms with Crippen molar-refractivity contribution in [2.75, 3.05) is 0 Å². The van der Waals surface area contributed by atoms with Crippen LogP contribution >= 0.6 is 0 Å². The molecular weight excluding hydrogens is 230 g/mol. The van der Waals surface area contributed by atoms with Gasteiger partial charge in [0.05, 0.1) is 0 Å². The fourth-order valence-corrected chi connectivity index (χ4v) is 3.57. The molecule has 1 aliphatic carbocycles. The Balaban J connectivity index is 2.31. The Hall–Kier alpha value is -0.820. The minimum absolute atomic E-state index is 0.343. The van der Waals surface area contributed by atoms with Crippen molar-refractivity contribution in [1.29, 1.82) is 0 Å². The highest BCUT2D eigenvalue weighted by molar-refractivity contribution is 5.39. The highest BCUT2D eigenvalue weighted by atomic mass is 14.7. The van der Waals surface area contributed by atoms with E-state index in [0.29, 0.717) is 12.0 Å². The number of benzene rings is 1. The van der Waals surface area contributed by atoms with Crippen LogP contribution in [0.1, 0.15) is 61.3 Å². The van der Waals surface area contributed by atoms with Crippen molar-refractivity contribution in [2.45, 2.75) is 65.8 Å². The van der Waals surface area contributed by atoms with Gasteiger partial charge >= 0.3 is 0 Å². The van der Waals surface area contributed by atoms with Crippen LogP contribution in [0.4, 0.5) is 0 Å². The molecule has 106 valence electrons. The van der Waals surface area contributed by atoms with Gasteiger partial charge in [-0.05, 0) is 80.0 Å². The molecule has 2 rings (SSSR count). The van der Waals surface area contributed by atoms with Gasteiger partial charge in [0.1, 0.15) is 0 Å². The summed E-state index contributed by atoms with van der Waals surface area (Å²) in [6.45, 7) is 11.4. The fraction of sp³-hybridized carbons (Fsp3) is 0.667. The van der Waals surface area contributed by atoms with Crippen molar-refractivity contribution in [3.63, 3.8) is 0 Å². The van der Waals surface area contributed by atoms with Gasteiger partial charge in [-0.1, -0.05) is 26.0 Å². The molecule has 0 aromatic heterocycles. The van der Waals surface area contributed by atoms with E-state index >= 15 is 0 Å². The van der Waals surface area contributed by atoms with Crippen LogP contribution in [0.2, 0.25) is 0 Å². The molecule has 1 nitrogen and oxygen atoms in total. The van der Waals surface area contributed by atoms with Gasteiger partial charge in [-0.2, -0.15) is 0 Å². The van der Waals surface area contributed by atoms with Crippen molar-refractivity contribution in [1.82, 2.24) is 0 Å². The maximum absolute atomic E-state index is 6.43. The molecule has 0 aliphatic heterocycles. The molecule has 1 aromatic carbocycles. The minimum atomic E-state index is 0.343. The highest BCUT2D eigenvalue weighted by Gasteiger charge is 2.31. The zero-order chi connectivity index (χ0) is 14.2. The van der Waals surface area contributed by atoms with Crippen molar-refractivity contribution in [3.8, 4) is 0 Å². The quantitative estimate of drug-likeness (QED) is 0.832. The van der Waals surface area contributed by atoms with E-state index in [-0.39, 0.29) is 0 Å². The lowest BCUT2D eigenvalue weighted by atomic mass is 9.70. The highest BCUT2D eigenvalue weighted by Crippen LogP contribution is 2.40. The number of hydrogen-bond acceptors (Lipinski definition) is 1. The summed E-state index contributed by atoms with van der Waals surface area (Å²) in [6, 6.07) is 5.06. The third kappa shape index (κ3) is 3.02. The Morgan fingerprint density at radius 1 is 1.00 bits per heavy atom. The number of rotatable bonds is 2. The largest absolute Gasteiger partial charge is 0.327 e. The van der Waals surface area contributed by atoms with Crippen molar-refractivity contribution < 1.29 is 0 Å². The number of aryl methyl sites for hydroxylation is 3. The summed E-state index contributed by atoms with van der Waals surface area (Å²) in [7, 11) is 0. The van der Waals surface area contributed by atoms with E-state index in [2.05, 4.69) is 46.8 Å². The van der Waals surface area contributed by atoms with Crippen LogP contribution in [0.5, 0.6) is 0 Å². The molecule has 0 radical (unpaired) electrons. The Bertz CT molecular complexity index is 447. The number of hydrogen-bond donors (Lipinski definition) is 1. The summed E-state index contributed by atoms with van der Waals surface area (Å²) in [6.07, 6.45) is 3.75. The minimum Gasteiger partial charge on any atom is -0.327 e. The molecule has 1 aliphatic rings. The smallest absolute Gasteiger partial charge is 0.0108 e. The lowest BCUT2D eigenvalue weighted by molar-refractivity contribution is 0.232. The fourth-order valence-electron chi connectivity index (χ4n) is 3.57. The standard InChI is InChI=1S/C18H29N/c1-11(2)15-6-7-18(19)17(10-15)16-9-13(4)12(3)8-14(16)5/h8-9,11,15,17-18H,6-7,10,19H2,1-5H3. The Kier molecular flexibility index (Phi) is 4.35. The van der Waals surface area contributed by atoms with Gasteiger partial charge in [0, 0.05) is 6.04 Å². The molecule has 19 heavy (non-hydrogen) atoms. The van der Waals surface area contributed by atoms with Crippen LogP contribution in [0, 0.1) is 32.6 Å². The molecule has 0 bridgehead atoms. The van der Waals surface area contributed by atoms with Crippen molar-refractivity contribution in [3.05, 3.63) is 34.4 Å². The van der Waals surface area contributed by atoms with E-state index in [9.17, 15) is 0 Å². The van der Waals surface area contributed by atoms with Crippen LogP contribution in [0.15, 0.2) is 12.1 Å². The first kappa shape index (κ1) is 14.6. The maximum Gasteiger partial charge on any atom is 0.0108 e. The van der Waals surface area contributed by atoms with Gasteiger partial charge in [-0.3, -0.25) is 0 Å². The molecule has 1 aromatic rings. The maximum atomic E-state index is 6.43. The van der Waals surface area contributed by atoms with Crippen LogP contribution in [-0.2, 0) is 0 Å². The zero-order valence-electron chi connectivity index (χ0n) is 13.2. The van der Waals surface area contributed by atoms with Gasteiger partial charge in [0.15, 0.2) is 0 Å². The van der Waals surface area contributed by atoms with E-state index in [4.69, 9.17) is 5.73 Å². The predicted molar refractivity (Wildman–Crippen MR) is 83.5 cm³/mol. The van der Waals surface area contributed by atoms with Crippen molar-refractivity contribution >= 4 is 0 Å². The molecule has 0 amide bonds. The summed E-state index contributed by atoms with van der Waals surface area (Å²) < 4.78 is 0. The SMILES string of the molecule is Cc1cc(C)c(C2CC(C(C)C)CCC2N)cc1C. The normalized spacial score (nSPS) is 27.8. The van der Waals surface area contributed by atoms with Gasteiger partial charge in [0.2, 0.25) is 0 Å². The Morgan fingerprint density at radius 3 is 2.26 bits per heavy atom. The first-order valence-corrected chi connectivity index (χ1v) is 7.73. The average Bonchev–Trinajstić information content (AvgIpc) is 2.34. The molecular formula is C18H29N. The topological polar surface area (TPSA) is 26.0 Å². The second-order valence-corrected chi connectivity index (χ2v) is 6.88. The third-order valence-electron chi connectivity index (χ3n) is 5.17. The van der Waals surface area contributed by atoms with Gasteiger partial charge in [0.25, 0.3) is 0 Å². The number of nitrogens with two attached hydrogens (primary N) is 1. The van der Waals surface area contributed by atoms with Crippen LogP contribution in [0.3, 0.4) is 0 Å². The second kappa shape index (κ2) is 5.66. The molecule has 1 saturated carbocycles. The van der Waals surface area contributed by atoms with E-state index in [1.165, 1.54) is 41.5 Å². The van der Waals surface area contributed by atoms with E-state index < -0.39 is 0 Å². The molecule has 2 N–H and O–H groups in total. The molecule has 1 fully saturated rings.